The Bertz CT molecular complexity index is 276. The molecule has 224 valence electrons. The van der Waals surface area contributed by atoms with Gasteiger partial charge in [0, 0.05) is 0 Å². The molecule has 0 saturated heterocycles. The molecule has 0 fully saturated rings. The molecule has 0 aliphatic carbocycles. The van der Waals surface area contributed by atoms with E-state index < -0.39 is 0 Å². The first-order valence-corrected chi connectivity index (χ1v) is 15.3. The van der Waals surface area contributed by atoms with Gasteiger partial charge in [0.05, 0.1) is 0 Å². The summed E-state index contributed by atoms with van der Waals surface area (Å²) in [6.45, 7) is 25.6. The molecule has 0 aliphatic heterocycles. The van der Waals surface area contributed by atoms with Crippen molar-refractivity contribution >= 4 is 11.0 Å². The van der Waals surface area contributed by atoms with Gasteiger partial charge in [0.2, 0.25) is 0 Å². The number of hydrogen-bond acceptors (Lipinski definition) is 4. The van der Waals surface area contributed by atoms with Gasteiger partial charge in [-0.15, -0.1) is 26.4 Å². The molecule has 0 saturated carbocycles. The minimum Gasteiger partial charge on any atom is -0.854 e. The van der Waals surface area contributed by atoms with Crippen LogP contribution >= 0.6 is 0 Å². The molecule has 0 N–H and O–H groups in total. The van der Waals surface area contributed by atoms with Crippen molar-refractivity contribution in [1.82, 2.24) is 0 Å². The molecule has 0 unspecified atom stereocenters. The molecule has 0 spiro atoms. The zero-order valence-corrected chi connectivity index (χ0v) is 28.4. The number of hydrogen-bond donors (Lipinski definition) is 0. The fourth-order valence-corrected chi connectivity index (χ4v) is 4.22. The molecule has 0 amide bonds. The summed E-state index contributed by atoms with van der Waals surface area (Å²) in [5.74, 6) is 0. The van der Waals surface area contributed by atoms with Gasteiger partial charge in [-0.1, -0.05) is 160 Å². The SMILES string of the molecule is CCC(CC)(CC)C[O-].CCC(CC)(CC)C[O-].CCC(CC)(CC)C[O-].CCC(CC)(CC)C[O-].[Si+4]. The van der Waals surface area contributed by atoms with E-state index in [9.17, 15) is 20.4 Å². The Morgan fingerprint density at radius 2 is 0.351 bits per heavy atom. The van der Waals surface area contributed by atoms with Gasteiger partial charge in [0.25, 0.3) is 0 Å². The van der Waals surface area contributed by atoms with E-state index in [0.717, 1.165) is 77.0 Å². The molecular formula is C32H68O4Si. The minimum absolute atomic E-state index is 0. The molecule has 0 atom stereocenters. The quantitative estimate of drug-likeness (QED) is 0.227. The smallest absolute Gasteiger partial charge is 0.854 e. The molecule has 37 heavy (non-hydrogen) atoms. The summed E-state index contributed by atoms with van der Waals surface area (Å²) < 4.78 is 0. The molecule has 0 aromatic rings. The second kappa shape index (κ2) is 27.6. The third kappa shape index (κ3) is 18.1. The molecule has 0 aromatic heterocycles. The molecule has 5 heteroatoms. The van der Waals surface area contributed by atoms with E-state index in [1.54, 1.807) is 0 Å². The summed E-state index contributed by atoms with van der Waals surface area (Å²) in [6, 6.07) is 0. The fraction of sp³-hybridized carbons (Fsp3) is 1.00. The van der Waals surface area contributed by atoms with E-state index in [1.165, 1.54) is 0 Å². The molecule has 0 rings (SSSR count). The summed E-state index contributed by atoms with van der Waals surface area (Å²) >= 11 is 0. The van der Waals surface area contributed by atoms with E-state index >= 15 is 0 Å². The van der Waals surface area contributed by atoms with Crippen LogP contribution in [0.4, 0.5) is 0 Å². The van der Waals surface area contributed by atoms with Crippen molar-refractivity contribution < 1.29 is 20.4 Å². The van der Waals surface area contributed by atoms with Gasteiger partial charge < -0.3 is 20.4 Å². The molecule has 0 heterocycles. The van der Waals surface area contributed by atoms with Crippen molar-refractivity contribution in [3.8, 4) is 0 Å². The van der Waals surface area contributed by atoms with Crippen molar-refractivity contribution in [2.45, 2.75) is 160 Å². The van der Waals surface area contributed by atoms with Crippen LogP contribution in [0.2, 0.25) is 0 Å². The maximum Gasteiger partial charge on any atom is 4.00 e. The normalized spacial score (nSPS) is 11.7. The molecule has 0 bridgehead atoms. The van der Waals surface area contributed by atoms with E-state index in [1.807, 2.05) is 0 Å². The van der Waals surface area contributed by atoms with E-state index in [-0.39, 0.29) is 59.1 Å². The third-order valence-corrected chi connectivity index (χ3v) is 10.2. The van der Waals surface area contributed by atoms with Crippen LogP contribution in [0, 0.1) is 21.7 Å². The summed E-state index contributed by atoms with van der Waals surface area (Å²) in [5.41, 5.74) is 0.444. The van der Waals surface area contributed by atoms with Gasteiger partial charge in [-0.05, 0) is 21.7 Å². The predicted molar refractivity (Wildman–Crippen MR) is 158 cm³/mol. The molecule has 0 radical (unpaired) electrons. The van der Waals surface area contributed by atoms with Gasteiger partial charge in [-0.25, -0.2) is 0 Å². The van der Waals surface area contributed by atoms with Crippen molar-refractivity contribution in [2.24, 2.45) is 21.7 Å². The van der Waals surface area contributed by atoms with Crippen LogP contribution in [0.5, 0.6) is 0 Å². The monoisotopic (exact) mass is 544 g/mol. The summed E-state index contributed by atoms with van der Waals surface area (Å²) in [7, 11) is 0. The van der Waals surface area contributed by atoms with Crippen LogP contribution in [0.3, 0.4) is 0 Å². The fourth-order valence-electron chi connectivity index (χ4n) is 4.22. The second-order valence-electron chi connectivity index (χ2n) is 10.8. The van der Waals surface area contributed by atoms with E-state index in [2.05, 4.69) is 83.1 Å². The van der Waals surface area contributed by atoms with Crippen molar-refractivity contribution in [1.29, 1.82) is 0 Å². The van der Waals surface area contributed by atoms with Gasteiger partial charge in [-0.3, -0.25) is 0 Å². The molecular weight excluding hydrogens is 476 g/mol. The van der Waals surface area contributed by atoms with Crippen LogP contribution in [-0.2, 0) is 0 Å². The Morgan fingerprint density at radius 1 is 0.270 bits per heavy atom. The molecule has 0 aromatic carbocycles. The average Bonchev–Trinajstić information content (AvgIpc) is 2.96. The predicted octanol–water partition coefficient (Wildman–Crippen LogP) is 5.87. The van der Waals surface area contributed by atoms with Crippen molar-refractivity contribution in [3.63, 3.8) is 0 Å². The first kappa shape index (κ1) is 46.9. The maximum absolute atomic E-state index is 10.6. The zero-order valence-electron chi connectivity index (χ0n) is 27.4. The Balaban J connectivity index is -0.000000122. The Hall–Kier alpha value is 0.0569. The van der Waals surface area contributed by atoms with Gasteiger partial charge in [0.1, 0.15) is 0 Å². The van der Waals surface area contributed by atoms with Crippen molar-refractivity contribution in [2.75, 3.05) is 26.4 Å². The largest absolute Gasteiger partial charge is 4.00 e. The second-order valence-corrected chi connectivity index (χ2v) is 10.8. The van der Waals surface area contributed by atoms with Gasteiger partial charge >= 0.3 is 11.0 Å². The van der Waals surface area contributed by atoms with Gasteiger partial charge in [-0.2, -0.15) is 0 Å². The molecule has 0 aliphatic rings. The van der Waals surface area contributed by atoms with Crippen LogP contribution in [-0.4, -0.2) is 37.4 Å². The van der Waals surface area contributed by atoms with Gasteiger partial charge in [0.15, 0.2) is 0 Å². The Labute approximate surface area is 239 Å². The first-order valence-electron chi connectivity index (χ1n) is 15.3. The van der Waals surface area contributed by atoms with E-state index in [4.69, 9.17) is 0 Å². The van der Waals surface area contributed by atoms with Crippen LogP contribution in [0.25, 0.3) is 0 Å². The summed E-state index contributed by atoms with van der Waals surface area (Å²) in [5, 5.41) is 42.6. The topological polar surface area (TPSA) is 92.2 Å². The number of rotatable bonds is 16. The zero-order chi connectivity index (χ0) is 29.3. The maximum atomic E-state index is 10.6. The first-order chi connectivity index (χ1) is 17.0. The summed E-state index contributed by atoms with van der Waals surface area (Å²) in [4.78, 5) is 0. The standard InChI is InChI=1S/4C8H17O.Si/c4*1-4-8(5-2,6-3)7-9;/h4*4-7H2,1-3H3;/q4*-1;+4. The van der Waals surface area contributed by atoms with Crippen LogP contribution in [0.15, 0.2) is 0 Å². The van der Waals surface area contributed by atoms with Crippen LogP contribution < -0.4 is 20.4 Å². The molecule has 4 nitrogen and oxygen atoms in total. The Morgan fingerprint density at radius 3 is 0.351 bits per heavy atom. The minimum atomic E-state index is 0. The van der Waals surface area contributed by atoms with Crippen LogP contribution in [0.1, 0.15) is 160 Å². The summed E-state index contributed by atoms with van der Waals surface area (Å²) in [6.07, 6.45) is 12.4. The van der Waals surface area contributed by atoms with E-state index in [0.29, 0.717) is 0 Å². The third-order valence-electron chi connectivity index (χ3n) is 10.2. The van der Waals surface area contributed by atoms with Crippen molar-refractivity contribution in [3.05, 3.63) is 0 Å². The average molecular weight is 545 g/mol. The Kier molecular flexibility index (Phi) is 35.0.